The van der Waals surface area contributed by atoms with Gasteiger partial charge in [-0.15, -0.1) is 5.10 Å². The first-order chi connectivity index (χ1) is 8.72. The minimum absolute atomic E-state index is 0.238. The zero-order chi connectivity index (χ0) is 13.2. The predicted molar refractivity (Wildman–Crippen MR) is 72.8 cm³/mol. The Morgan fingerprint density at radius 1 is 1.44 bits per heavy atom. The highest BCUT2D eigenvalue weighted by Crippen LogP contribution is 2.05. The molecule has 6 heteroatoms. The lowest BCUT2D eigenvalue weighted by atomic mass is 10.1. The van der Waals surface area contributed by atoms with Crippen molar-refractivity contribution >= 4 is 17.7 Å². The molecule has 1 rings (SSSR count). The van der Waals surface area contributed by atoms with E-state index in [1.807, 2.05) is 22.6 Å². The summed E-state index contributed by atoms with van der Waals surface area (Å²) < 4.78 is 1.88. The van der Waals surface area contributed by atoms with Crippen LogP contribution in [-0.4, -0.2) is 37.6 Å². The lowest BCUT2D eigenvalue weighted by molar-refractivity contribution is -0.137. The number of rotatable bonds is 10. The van der Waals surface area contributed by atoms with Gasteiger partial charge in [-0.2, -0.15) is 11.8 Å². The number of thioether (sulfide) groups is 1. The maximum atomic E-state index is 10.4. The van der Waals surface area contributed by atoms with Crippen LogP contribution in [-0.2, 0) is 17.8 Å². The number of hydrogen-bond donors (Lipinski definition) is 1. The fourth-order valence-corrected chi connectivity index (χ4v) is 2.24. The first-order valence-electron chi connectivity index (χ1n) is 6.41. The molecule has 0 bridgehead atoms. The van der Waals surface area contributed by atoms with Crippen LogP contribution in [0.4, 0.5) is 0 Å². The molecule has 0 aromatic carbocycles. The number of unbranched alkanes of at least 4 members (excludes halogenated alkanes) is 1. The Labute approximate surface area is 112 Å². The van der Waals surface area contributed by atoms with Crippen molar-refractivity contribution in [2.45, 2.75) is 45.6 Å². The Morgan fingerprint density at radius 2 is 2.28 bits per heavy atom. The first kappa shape index (κ1) is 15.0. The van der Waals surface area contributed by atoms with Crippen LogP contribution >= 0.6 is 11.8 Å². The van der Waals surface area contributed by atoms with Gasteiger partial charge in [-0.25, -0.2) is 0 Å². The summed E-state index contributed by atoms with van der Waals surface area (Å²) in [6.45, 7) is 3.07. The summed E-state index contributed by atoms with van der Waals surface area (Å²) in [5, 5.41) is 16.7. The number of carbonyl (C=O) groups is 1. The molecule has 1 aromatic rings. The minimum atomic E-state index is -0.730. The van der Waals surface area contributed by atoms with Gasteiger partial charge < -0.3 is 5.11 Å². The summed E-state index contributed by atoms with van der Waals surface area (Å²) in [6, 6.07) is 0. The third-order valence-electron chi connectivity index (χ3n) is 2.54. The van der Waals surface area contributed by atoms with Gasteiger partial charge in [0, 0.05) is 19.2 Å². The lowest BCUT2D eigenvalue weighted by Crippen LogP contribution is -1.99. The standard InChI is InChI=1S/C12H21N3O2S/c1-2-18-9-5-8-15-10-11(13-14-15)6-3-4-7-12(16)17/h10H,2-9H2,1H3,(H,16,17). The van der Waals surface area contributed by atoms with Gasteiger partial charge in [0.05, 0.1) is 5.69 Å². The number of aromatic nitrogens is 3. The fraction of sp³-hybridized carbons (Fsp3) is 0.750. The second kappa shape index (κ2) is 8.97. The minimum Gasteiger partial charge on any atom is -0.481 e. The number of carboxylic acids is 1. The summed E-state index contributed by atoms with van der Waals surface area (Å²) in [7, 11) is 0. The Balaban J connectivity index is 2.15. The SMILES string of the molecule is CCSCCCn1cc(CCCCC(=O)O)nn1. The molecular weight excluding hydrogens is 250 g/mol. The van der Waals surface area contributed by atoms with Gasteiger partial charge in [0.25, 0.3) is 0 Å². The Kier molecular flexibility index (Phi) is 7.48. The van der Waals surface area contributed by atoms with Gasteiger partial charge in [0.15, 0.2) is 0 Å². The molecule has 0 saturated heterocycles. The van der Waals surface area contributed by atoms with Crippen molar-refractivity contribution in [2.24, 2.45) is 0 Å². The molecular formula is C12H21N3O2S. The number of carboxylic acid groups (broad SMARTS) is 1. The van der Waals surface area contributed by atoms with Crippen molar-refractivity contribution in [2.75, 3.05) is 11.5 Å². The van der Waals surface area contributed by atoms with Crippen LogP contribution in [0.25, 0.3) is 0 Å². The highest BCUT2D eigenvalue weighted by Gasteiger charge is 2.02. The molecule has 0 unspecified atom stereocenters. The summed E-state index contributed by atoms with van der Waals surface area (Å²) in [4.78, 5) is 10.4. The molecule has 18 heavy (non-hydrogen) atoms. The lowest BCUT2D eigenvalue weighted by Gasteiger charge is -1.99. The summed E-state index contributed by atoms with van der Waals surface area (Å²) in [6.07, 6.45) is 5.70. The molecule has 0 aliphatic carbocycles. The van der Waals surface area contributed by atoms with Gasteiger partial charge in [0.2, 0.25) is 0 Å². The van der Waals surface area contributed by atoms with Crippen LogP contribution < -0.4 is 0 Å². The van der Waals surface area contributed by atoms with Crippen molar-refractivity contribution in [1.82, 2.24) is 15.0 Å². The molecule has 0 spiro atoms. The average Bonchev–Trinajstić information content (AvgIpc) is 2.78. The van der Waals surface area contributed by atoms with Gasteiger partial charge in [-0.1, -0.05) is 12.1 Å². The maximum Gasteiger partial charge on any atom is 0.303 e. The van der Waals surface area contributed by atoms with Crippen LogP contribution in [0, 0.1) is 0 Å². The van der Waals surface area contributed by atoms with Crippen molar-refractivity contribution in [3.63, 3.8) is 0 Å². The molecule has 1 aromatic heterocycles. The smallest absolute Gasteiger partial charge is 0.303 e. The highest BCUT2D eigenvalue weighted by molar-refractivity contribution is 7.99. The van der Waals surface area contributed by atoms with E-state index < -0.39 is 5.97 Å². The second-order valence-electron chi connectivity index (χ2n) is 4.12. The second-order valence-corrected chi connectivity index (χ2v) is 5.52. The van der Waals surface area contributed by atoms with Gasteiger partial charge >= 0.3 is 5.97 Å². The molecule has 0 saturated carbocycles. The normalized spacial score (nSPS) is 10.7. The quantitative estimate of drug-likeness (QED) is 0.661. The van der Waals surface area contributed by atoms with Crippen molar-refractivity contribution < 1.29 is 9.90 Å². The molecule has 1 N–H and O–H groups in total. The van der Waals surface area contributed by atoms with E-state index in [1.165, 1.54) is 0 Å². The molecule has 5 nitrogen and oxygen atoms in total. The van der Waals surface area contributed by atoms with Crippen molar-refractivity contribution in [3.05, 3.63) is 11.9 Å². The fourth-order valence-electron chi connectivity index (χ4n) is 1.62. The van der Waals surface area contributed by atoms with Gasteiger partial charge in [-0.3, -0.25) is 9.48 Å². The largest absolute Gasteiger partial charge is 0.481 e. The number of hydrogen-bond acceptors (Lipinski definition) is 4. The van der Waals surface area contributed by atoms with E-state index in [2.05, 4.69) is 17.2 Å². The Bertz CT molecular complexity index is 355. The summed E-state index contributed by atoms with van der Waals surface area (Å²) in [5.74, 6) is 1.59. The first-order valence-corrected chi connectivity index (χ1v) is 7.56. The number of aryl methyl sites for hydroxylation is 2. The highest BCUT2D eigenvalue weighted by atomic mass is 32.2. The van der Waals surface area contributed by atoms with E-state index in [0.717, 1.165) is 43.0 Å². The number of nitrogens with zero attached hydrogens (tertiary/aromatic N) is 3. The van der Waals surface area contributed by atoms with Crippen LogP contribution in [0.2, 0.25) is 0 Å². The summed E-state index contributed by atoms with van der Waals surface area (Å²) >= 11 is 1.94. The van der Waals surface area contributed by atoms with Gasteiger partial charge in [0.1, 0.15) is 0 Å². The summed E-state index contributed by atoms with van der Waals surface area (Å²) in [5.41, 5.74) is 0.962. The average molecular weight is 271 g/mol. The van der Waals surface area contributed by atoms with E-state index in [9.17, 15) is 4.79 Å². The topological polar surface area (TPSA) is 68.0 Å². The zero-order valence-corrected chi connectivity index (χ0v) is 11.7. The molecule has 0 atom stereocenters. The Morgan fingerprint density at radius 3 is 3.00 bits per heavy atom. The van der Waals surface area contributed by atoms with E-state index >= 15 is 0 Å². The monoisotopic (exact) mass is 271 g/mol. The predicted octanol–water partition coefficient (Wildman–Crippen LogP) is 2.22. The van der Waals surface area contributed by atoms with E-state index in [-0.39, 0.29) is 6.42 Å². The van der Waals surface area contributed by atoms with Crippen LogP contribution in [0.1, 0.15) is 38.3 Å². The Hall–Kier alpha value is -1.04. The van der Waals surface area contributed by atoms with Crippen molar-refractivity contribution in [1.29, 1.82) is 0 Å². The molecule has 102 valence electrons. The number of aliphatic carboxylic acids is 1. The van der Waals surface area contributed by atoms with Crippen LogP contribution in [0.15, 0.2) is 6.20 Å². The molecule has 0 fully saturated rings. The van der Waals surface area contributed by atoms with Crippen molar-refractivity contribution in [3.8, 4) is 0 Å². The van der Waals surface area contributed by atoms with Crippen LogP contribution in [0.5, 0.6) is 0 Å². The van der Waals surface area contributed by atoms with E-state index in [0.29, 0.717) is 6.42 Å². The maximum absolute atomic E-state index is 10.4. The molecule has 0 radical (unpaired) electrons. The van der Waals surface area contributed by atoms with Gasteiger partial charge in [-0.05, 0) is 37.2 Å². The molecule has 0 amide bonds. The third-order valence-corrected chi connectivity index (χ3v) is 3.53. The molecule has 0 aliphatic heterocycles. The molecule has 1 heterocycles. The van der Waals surface area contributed by atoms with E-state index in [4.69, 9.17) is 5.11 Å². The van der Waals surface area contributed by atoms with Crippen LogP contribution in [0.3, 0.4) is 0 Å². The molecule has 0 aliphatic rings. The van der Waals surface area contributed by atoms with E-state index in [1.54, 1.807) is 0 Å². The zero-order valence-electron chi connectivity index (χ0n) is 10.8. The third kappa shape index (κ3) is 6.64.